The number of alkyl halides is 3. The minimum atomic E-state index is -4.58. The van der Waals surface area contributed by atoms with Crippen molar-refractivity contribution in [3.63, 3.8) is 0 Å². The molecule has 0 atom stereocenters. The standard InChI is InChI=1S/C18H13ClF3IN4/c1-27(14-8-4-12(23)5-9-14)16-15(18(20,21)22)10-24-17(26-16)25-13-6-2-11(19)3-7-13/h2-10H,1H3,(H,24,25,26). The lowest BCUT2D eigenvalue weighted by atomic mass is 10.2. The largest absolute Gasteiger partial charge is 0.421 e. The number of anilines is 4. The summed E-state index contributed by atoms with van der Waals surface area (Å²) in [5.41, 5.74) is 0.282. The van der Waals surface area contributed by atoms with Crippen LogP contribution >= 0.6 is 34.2 Å². The van der Waals surface area contributed by atoms with Crippen LogP contribution in [0.1, 0.15) is 5.56 Å². The smallest absolute Gasteiger partial charge is 0.329 e. The zero-order valence-electron chi connectivity index (χ0n) is 13.9. The number of benzene rings is 2. The third-order valence-corrected chi connectivity index (χ3v) is 4.68. The first-order valence-corrected chi connectivity index (χ1v) is 9.16. The fourth-order valence-electron chi connectivity index (χ4n) is 2.34. The Bertz CT molecular complexity index is 931. The van der Waals surface area contributed by atoms with Gasteiger partial charge in [0.15, 0.2) is 5.82 Å². The van der Waals surface area contributed by atoms with Crippen LogP contribution in [0.4, 0.5) is 36.3 Å². The number of halogens is 5. The maximum absolute atomic E-state index is 13.4. The lowest BCUT2D eigenvalue weighted by Crippen LogP contribution is -2.19. The van der Waals surface area contributed by atoms with E-state index in [4.69, 9.17) is 11.6 Å². The second kappa shape index (κ2) is 7.89. The molecule has 0 aliphatic carbocycles. The third kappa shape index (κ3) is 4.81. The molecule has 0 amide bonds. The van der Waals surface area contributed by atoms with Crippen molar-refractivity contribution >= 4 is 57.3 Å². The lowest BCUT2D eigenvalue weighted by Gasteiger charge is -2.23. The van der Waals surface area contributed by atoms with Crippen molar-refractivity contribution in [2.75, 3.05) is 17.3 Å². The van der Waals surface area contributed by atoms with Crippen LogP contribution in [-0.2, 0) is 6.18 Å². The Morgan fingerprint density at radius 2 is 1.67 bits per heavy atom. The van der Waals surface area contributed by atoms with E-state index in [0.717, 1.165) is 9.77 Å². The molecule has 0 unspecified atom stereocenters. The van der Waals surface area contributed by atoms with E-state index in [0.29, 0.717) is 16.4 Å². The fraction of sp³-hybridized carbons (Fsp3) is 0.111. The number of rotatable bonds is 4. The predicted octanol–water partition coefficient (Wildman–Crippen LogP) is 6.26. The van der Waals surface area contributed by atoms with Gasteiger partial charge < -0.3 is 10.2 Å². The first-order valence-electron chi connectivity index (χ1n) is 7.70. The molecule has 1 N–H and O–H groups in total. The second-order valence-corrected chi connectivity index (χ2v) is 7.28. The Morgan fingerprint density at radius 3 is 2.26 bits per heavy atom. The van der Waals surface area contributed by atoms with E-state index in [1.165, 1.54) is 11.9 Å². The summed E-state index contributed by atoms with van der Waals surface area (Å²) in [6, 6.07) is 13.8. The van der Waals surface area contributed by atoms with E-state index >= 15 is 0 Å². The number of hydrogen-bond donors (Lipinski definition) is 1. The van der Waals surface area contributed by atoms with Crippen LogP contribution in [0.15, 0.2) is 54.7 Å². The topological polar surface area (TPSA) is 41.1 Å². The van der Waals surface area contributed by atoms with E-state index in [-0.39, 0.29) is 11.8 Å². The van der Waals surface area contributed by atoms with Gasteiger partial charge in [-0.1, -0.05) is 11.6 Å². The van der Waals surface area contributed by atoms with Gasteiger partial charge in [-0.25, -0.2) is 4.98 Å². The van der Waals surface area contributed by atoms with Crippen LogP contribution in [0.2, 0.25) is 5.02 Å². The summed E-state index contributed by atoms with van der Waals surface area (Å²) >= 11 is 7.97. The molecule has 27 heavy (non-hydrogen) atoms. The van der Waals surface area contributed by atoms with Crippen molar-refractivity contribution in [2.45, 2.75) is 6.18 Å². The highest BCUT2D eigenvalue weighted by molar-refractivity contribution is 14.1. The molecular formula is C18H13ClF3IN4. The van der Waals surface area contributed by atoms with Gasteiger partial charge in [-0.05, 0) is 71.1 Å². The first-order chi connectivity index (χ1) is 12.7. The number of nitrogens with zero attached hydrogens (tertiary/aromatic N) is 3. The third-order valence-electron chi connectivity index (χ3n) is 3.71. The maximum Gasteiger partial charge on any atom is 0.421 e. The number of hydrogen-bond acceptors (Lipinski definition) is 4. The van der Waals surface area contributed by atoms with Crippen molar-refractivity contribution in [1.82, 2.24) is 9.97 Å². The molecule has 2 aromatic carbocycles. The molecule has 0 bridgehead atoms. The number of nitrogens with one attached hydrogen (secondary N) is 1. The van der Waals surface area contributed by atoms with Crippen LogP contribution in [0, 0.1) is 3.57 Å². The summed E-state index contributed by atoms with van der Waals surface area (Å²) in [4.78, 5) is 9.30. The van der Waals surface area contributed by atoms with Gasteiger partial charge in [0, 0.05) is 33.2 Å². The van der Waals surface area contributed by atoms with Gasteiger partial charge in [0.25, 0.3) is 0 Å². The Kier molecular flexibility index (Phi) is 5.75. The van der Waals surface area contributed by atoms with Crippen molar-refractivity contribution in [3.8, 4) is 0 Å². The van der Waals surface area contributed by atoms with Crippen molar-refractivity contribution in [3.05, 3.63) is 68.9 Å². The molecule has 140 valence electrons. The minimum absolute atomic E-state index is 0.0534. The van der Waals surface area contributed by atoms with Gasteiger partial charge in [0.05, 0.1) is 0 Å². The van der Waals surface area contributed by atoms with Crippen LogP contribution < -0.4 is 10.2 Å². The molecule has 0 aliphatic heterocycles. The zero-order chi connectivity index (χ0) is 19.6. The molecule has 0 spiro atoms. The van der Waals surface area contributed by atoms with Crippen LogP contribution in [0.25, 0.3) is 0 Å². The van der Waals surface area contributed by atoms with Gasteiger partial charge >= 0.3 is 6.18 Å². The summed E-state index contributed by atoms with van der Waals surface area (Å²) in [7, 11) is 1.53. The minimum Gasteiger partial charge on any atom is -0.329 e. The van der Waals surface area contributed by atoms with Crippen molar-refractivity contribution in [2.24, 2.45) is 0 Å². The normalized spacial score (nSPS) is 11.3. The molecule has 0 saturated carbocycles. The van der Waals surface area contributed by atoms with Crippen LogP contribution in [-0.4, -0.2) is 17.0 Å². The highest BCUT2D eigenvalue weighted by atomic mass is 127. The molecule has 3 aromatic rings. The molecule has 9 heteroatoms. The fourth-order valence-corrected chi connectivity index (χ4v) is 2.82. The van der Waals surface area contributed by atoms with Crippen molar-refractivity contribution in [1.29, 1.82) is 0 Å². The van der Waals surface area contributed by atoms with Gasteiger partial charge in [-0.3, -0.25) is 0 Å². The SMILES string of the molecule is CN(c1ccc(I)cc1)c1nc(Nc2ccc(Cl)cc2)ncc1C(F)(F)F. The Balaban J connectivity index is 2.00. The molecule has 1 aromatic heterocycles. The highest BCUT2D eigenvalue weighted by Gasteiger charge is 2.36. The molecule has 0 fully saturated rings. The molecule has 3 rings (SSSR count). The average Bonchev–Trinajstić information content (AvgIpc) is 2.63. The summed E-state index contributed by atoms with van der Waals surface area (Å²) in [5, 5.41) is 3.44. The summed E-state index contributed by atoms with van der Waals surface area (Å²) in [6.45, 7) is 0. The molecule has 1 heterocycles. The van der Waals surface area contributed by atoms with E-state index in [1.807, 2.05) is 12.1 Å². The van der Waals surface area contributed by atoms with E-state index < -0.39 is 11.7 Å². The van der Waals surface area contributed by atoms with E-state index in [1.54, 1.807) is 36.4 Å². The monoisotopic (exact) mass is 504 g/mol. The lowest BCUT2D eigenvalue weighted by molar-refractivity contribution is -0.137. The molecule has 4 nitrogen and oxygen atoms in total. The molecule has 0 aliphatic rings. The summed E-state index contributed by atoms with van der Waals surface area (Å²) in [6.07, 6.45) is -3.80. The molecular weight excluding hydrogens is 492 g/mol. The Hall–Kier alpha value is -2.07. The van der Waals surface area contributed by atoms with E-state index in [2.05, 4.69) is 37.9 Å². The van der Waals surface area contributed by atoms with E-state index in [9.17, 15) is 13.2 Å². The van der Waals surface area contributed by atoms with Gasteiger partial charge in [0.2, 0.25) is 5.95 Å². The van der Waals surface area contributed by atoms with Crippen LogP contribution in [0.3, 0.4) is 0 Å². The first kappa shape index (κ1) is 19.7. The van der Waals surface area contributed by atoms with Gasteiger partial charge in [0.1, 0.15) is 5.56 Å². The maximum atomic E-state index is 13.4. The second-order valence-electron chi connectivity index (χ2n) is 5.60. The van der Waals surface area contributed by atoms with Gasteiger partial charge in [-0.15, -0.1) is 0 Å². The number of aromatic nitrogens is 2. The Labute approximate surface area is 172 Å². The highest BCUT2D eigenvalue weighted by Crippen LogP contribution is 2.37. The zero-order valence-corrected chi connectivity index (χ0v) is 16.8. The van der Waals surface area contributed by atoms with Gasteiger partial charge in [-0.2, -0.15) is 18.2 Å². The average molecular weight is 505 g/mol. The van der Waals surface area contributed by atoms with Crippen LogP contribution in [0.5, 0.6) is 0 Å². The molecule has 0 saturated heterocycles. The quantitative estimate of drug-likeness (QED) is 0.426. The summed E-state index contributed by atoms with van der Waals surface area (Å²) < 4.78 is 41.3. The summed E-state index contributed by atoms with van der Waals surface area (Å²) in [5.74, 6) is -0.187. The predicted molar refractivity (Wildman–Crippen MR) is 109 cm³/mol. The van der Waals surface area contributed by atoms with Crippen molar-refractivity contribution < 1.29 is 13.2 Å². The Morgan fingerprint density at radius 1 is 1.04 bits per heavy atom. The molecule has 0 radical (unpaired) electrons.